The van der Waals surface area contributed by atoms with E-state index in [-0.39, 0.29) is 17.7 Å². The zero-order valence-corrected chi connectivity index (χ0v) is 10.2. The summed E-state index contributed by atoms with van der Waals surface area (Å²) in [5.41, 5.74) is -0.127. The number of carboxylic acids is 1. The Bertz CT molecular complexity index is 411. The zero-order valence-electron chi connectivity index (χ0n) is 10.2. The number of hydrogen-bond donors (Lipinski definition) is 3. The van der Waals surface area contributed by atoms with Crippen LogP contribution in [0.3, 0.4) is 0 Å². The van der Waals surface area contributed by atoms with Crippen LogP contribution >= 0.6 is 0 Å². The van der Waals surface area contributed by atoms with Gasteiger partial charge in [-0.2, -0.15) is 0 Å². The van der Waals surface area contributed by atoms with E-state index in [0.717, 1.165) is 25.7 Å². The van der Waals surface area contributed by atoms with E-state index in [0.29, 0.717) is 5.82 Å². The van der Waals surface area contributed by atoms with E-state index in [1.54, 1.807) is 6.07 Å². The van der Waals surface area contributed by atoms with Gasteiger partial charge in [0.25, 0.3) is 0 Å². The number of aliphatic hydroxyl groups is 1. The number of carboxylic acid groups (broad SMARTS) is 1. The Balaban J connectivity index is 2.09. The van der Waals surface area contributed by atoms with Crippen LogP contribution in [0, 0.1) is 0 Å². The maximum atomic E-state index is 10.7. The molecule has 0 spiro atoms. The number of anilines is 1. The first-order chi connectivity index (χ1) is 8.65. The fourth-order valence-electron chi connectivity index (χ4n) is 2.42. The van der Waals surface area contributed by atoms with Crippen molar-refractivity contribution in [3.63, 3.8) is 0 Å². The minimum Gasteiger partial charge on any atom is -0.478 e. The number of pyridine rings is 1. The third-order valence-electron chi connectivity index (χ3n) is 3.52. The quantitative estimate of drug-likeness (QED) is 0.760. The molecule has 0 radical (unpaired) electrons. The normalized spacial score (nSPS) is 18.3. The maximum Gasteiger partial charge on any atom is 0.337 e. The van der Waals surface area contributed by atoms with Crippen LogP contribution in [0.25, 0.3) is 0 Å². The first kappa shape index (κ1) is 12.8. The Morgan fingerprint density at radius 1 is 1.33 bits per heavy atom. The summed E-state index contributed by atoms with van der Waals surface area (Å²) >= 11 is 0. The van der Waals surface area contributed by atoms with Crippen molar-refractivity contribution in [1.29, 1.82) is 0 Å². The Hall–Kier alpha value is -1.62. The first-order valence-corrected chi connectivity index (χ1v) is 6.24. The largest absolute Gasteiger partial charge is 0.478 e. The fourth-order valence-corrected chi connectivity index (χ4v) is 2.42. The van der Waals surface area contributed by atoms with Gasteiger partial charge in [-0.1, -0.05) is 19.3 Å². The summed E-state index contributed by atoms with van der Waals surface area (Å²) in [6, 6.07) is 3.17. The summed E-state index contributed by atoms with van der Waals surface area (Å²) in [4.78, 5) is 14.8. The lowest BCUT2D eigenvalue weighted by Gasteiger charge is -2.36. The lowest BCUT2D eigenvalue weighted by molar-refractivity contribution is 0.0696. The molecule has 5 nitrogen and oxygen atoms in total. The predicted octanol–water partition coefficient (Wildman–Crippen LogP) is 1.89. The molecule has 5 heteroatoms. The number of nitrogens with zero attached hydrogens (tertiary/aromatic N) is 1. The van der Waals surface area contributed by atoms with E-state index >= 15 is 0 Å². The Labute approximate surface area is 106 Å². The maximum absolute atomic E-state index is 10.7. The van der Waals surface area contributed by atoms with Crippen molar-refractivity contribution in [3.8, 4) is 0 Å². The molecule has 18 heavy (non-hydrogen) atoms. The topological polar surface area (TPSA) is 82.5 Å². The highest BCUT2D eigenvalue weighted by atomic mass is 16.4. The average Bonchev–Trinajstić information content (AvgIpc) is 2.40. The summed E-state index contributed by atoms with van der Waals surface area (Å²) in [6.07, 6.45) is 6.58. The molecule has 1 fully saturated rings. The van der Waals surface area contributed by atoms with Gasteiger partial charge < -0.3 is 15.5 Å². The Kier molecular flexibility index (Phi) is 3.81. The molecule has 0 aliphatic heterocycles. The number of aliphatic hydroxyl groups excluding tert-OH is 1. The standard InChI is InChI=1S/C13H18N2O3/c16-9-13(6-2-1-3-7-13)15-11-5-4-10(8-14-11)12(17)18/h4-5,8,16H,1-3,6-7,9H2,(H,14,15)(H,17,18). The SMILES string of the molecule is O=C(O)c1ccc(NC2(CO)CCCCC2)nc1. The molecule has 0 aromatic carbocycles. The van der Waals surface area contributed by atoms with Gasteiger partial charge in [-0.15, -0.1) is 0 Å². The highest BCUT2D eigenvalue weighted by molar-refractivity contribution is 5.87. The van der Waals surface area contributed by atoms with Crippen molar-refractivity contribution in [1.82, 2.24) is 4.98 Å². The van der Waals surface area contributed by atoms with E-state index in [4.69, 9.17) is 5.11 Å². The summed E-state index contributed by atoms with van der Waals surface area (Å²) in [6.45, 7) is 0.0787. The van der Waals surface area contributed by atoms with Crippen molar-refractivity contribution in [3.05, 3.63) is 23.9 Å². The first-order valence-electron chi connectivity index (χ1n) is 6.24. The molecular weight excluding hydrogens is 232 g/mol. The van der Waals surface area contributed by atoms with Gasteiger partial charge >= 0.3 is 5.97 Å². The van der Waals surface area contributed by atoms with Crippen LogP contribution in [-0.4, -0.2) is 33.3 Å². The van der Waals surface area contributed by atoms with Gasteiger partial charge in [-0.05, 0) is 25.0 Å². The molecule has 0 saturated heterocycles. The fraction of sp³-hybridized carbons (Fsp3) is 0.538. The van der Waals surface area contributed by atoms with Gasteiger partial charge in [0.1, 0.15) is 5.82 Å². The van der Waals surface area contributed by atoms with Crippen molar-refractivity contribution >= 4 is 11.8 Å². The minimum atomic E-state index is -0.983. The van der Waals surface area contributed by atoms with Gasteiger partial charge in [-0.25, -0.2) is 9.78 Å². The van der Waals surface area contributed by atoms with E-state index in [1.165, 1.54) is 18.7 Å². The summed E-state index contributed by atoms with van der Waals surface area (Å²) in [5, 5.41) is 21.6. The molecule has 2 rings (SSSR count). The van der Waals surface area contributed by atoms with Crippen LogP contribution in [0.5, 0.6) is 0 Å². The molecule has 98 valence electrons. The van der Waals surface area contributed by atoms with Crippen LogP contribution in [-0.2, 0) is 0 Å². The number of aromatic carboxylic acids is 1. The molecule has 0 amide bonds. The van der Waals surface area contributed by atoms with Gasteiger partial charge in [0.05, 0.1) is 17.7 Å². The van der Waals surface area contributed by atoms with E-state index in [9.17, 15) is 9.90 Å². The molecule has 0 bridgehead atoms. The number of rotatable bonds is 4. The predicted molar refractivity (Wildman–Crippen MR) is 67.7 cm³/mol. The second-order valence-electron chi connectivity index (χ2n) is 4.86. The minimum absolute atomic E-state index is 0.0787. The molecule has 3 N–H and O–H groups in total. The second kappa shape index (κ2) is 5.35. The second-order valence-corrected chi connectivity index (χ2v) is 4.86. The molecule has 1 aromatic heterocycles. The highest BCUT2D eigenvalue weighted by Gasteiger charge is 2.31. The summed E-state index contributed by atoms with van der Waals surface area (Å²) < 4.78 is 0. The van der Waals surface area contributed by atoms with Gasteiger partial charge in [0.2, 0.25) is 0 Å². The van der Waals surface area contributed by atoms with E-state index < -0.39 is 5.97 Å². The molecule has 1 aliphatic rings. The van der Waals surface area contributed by atoms with Crippen LogP contribution in [0.2, 0.25) is 0 Å². The van der Waals surface area contributed by atoms with Crippen LogP contribution < -0.4 is 5.32 Å². The molecule has 1 aliphatic carbocycles. The van der Waals surface area contributed by atoms with E-state index in [1.807, 2.05) is 0 Å². The highest BCUT2D eigenvalue weighted by Crippen LogP contribution is 2.30. The smallest absolute Gasteiger partial charge is 0.337 e. The molecular formula is C13H18N2O3. The third kappa shape index (κ3) is 2.79. The molecule has 0 atom stereocenters. The molecule has 1 heterocycles. The van der Waals surface area contributed by atoms with Gasteiger partial charge in [0.15, 0.2) is 0 Å². The number of hydrogen-bond acceptors (Lipinski definition) is 4. The molecule has 1 saturated carbocycles. The summed E-state index contributed by atoms with van der Waals surface area (Å²) in [7, 11) is 0. The number of carbonyl (C=O) groups is 1. The van der Waals surface area contributed by atoms with Crippen molar-refractivity contribution in [2.75, 3.05) is 11.9 Å². The lowest BCUT2D eigenvalue weighted by atomic mass is 9.82. The van der Waals surface area contributed by atoms with Crippen molar-refractivity contribution in [2.24, 2.45) is 0 Å². The van der Waals surface area contributed by atoms with E-state index in [2.05, 4.69) is 10.3 Å². The van der Waals surface area contributed by atoms with Crippen LogP contribution in [0.1, 0.15) is 42.5 Å². The molecule has 1 aromatic rings. The monoisotopic (exact) mass is 250 g/mol. The number of aromatic nitrogens is 1. The summed E-state index contributed by atoms with van der Waals surface area (Å²) in [5.74, 6) is -0.362. The van der Waals surface area contributed by atoms with Crippen molar-refractivity contribution < 1.29 is 15.0 Å². The lowest BCUT2D eigenvalue weighted by Crippen LogP contribution is -2.44. The van der Waals surface area contributed by atoms with Gasteiger partial charge in [0, 0.05) is 6.20 Å². The van der Waals surface area contributed by atoms with Crippen LogP contribution in [0.15, 0.2) is 18.3 Å². The third-order valence-corrected chi connectivity index (χ3v) is 3.52. The Morgan fingerprint density at radius 2 is 2.06 bits per heavy atom. The van der Waals surface area contributed by atoms with Crippen LogP contribution in [0.4, 0.5) is 5.82 Å². The Morgan fingerprint density at radius 3 is 2.56 bits per heavy atom. The molecule has 0 unspecified atom stereocenters. The zero-order chi connectivity index (χ0) is 13.0. The van der Waals surface area contributed by atoms with Gasteiger partial charge in [-0.3, -0.25) is 0 Å². The number of nitrogens with one attached hydrogen (secondary N) is 1. The average molecular weight is 250 g/mol. The van der Waals surface area contributed by atoms with Crippen molar-refractivity contribution in [2.45, 2.75) is 37.6 Å².